The number of aliphatic hydroxyl groups excluding tert-OH is 1. The lowest BCUT2D eigenvalue weighted by atomic mass is 9.92. The zero-order valence-electron chi connectivity index (χ0n) is 10.3. The highest BCUT2D eigenvalue weighted by Gasteiger charge is 2.24. The van der Waals surface area contributed by atoms with Crippen molar-refractivity contribution in [2.45, 2.75) is 25.9 Å². The Hall–Kier alpha value is -1.31. The van der Waals surface area contributed by atoms with Crippen LogP contribution in [0.2, 0.25) is 5.02 Å². The third-order valence-electron chi connectivity index (χ3n) is 3.51. The van der Waals surface area contributed by atoms with Crippen LogP contribution in [-0.4, -0.2) is 29.3 Å². The predicted octanol–water partition coefficient (Wildman–Crippen LogP) is 2.20. The molecule has 2 rings (SSSR count). The van der Waals surface area contributed by atoms with Crippen LogP contribution in [0.3, 0.4) is 0 Å². The molecular weight excluding hydrogens is 250 g/mol. The Morgan fingerprint density at radius 2 is 2.22 bits per heavy atom. The summed E-state index contributed by atoms with van der Waals surface area (Å²) in [6.45, 7) is 3.47. The average Bonchev–Trinajstić information content (AvgIpc) is 2.39. The second kappa shape index (κ2) is 5.55. The average molecular weight is 266 g/mol. The smallest absolute Gasteiger partial charge is 0.148 e. The van der Waals surface area contributed by atoms with Crippen molar-refractivity contribution in [1.82, 2.24) is 4.98 Å². The molecule has 0 saturated carbocycles. The van der Waals surface area contributed by atoms with Crippen LogP contribution in [-0.2, 0) is 0 Å². The topological polar surface area (TPSA) is 60.1 Å². The molecule has 1 fully saturated rings. The van der Waals surface area contributed by atoms with E-state index in [1.807, 2.05) is 6.92 Å². The van der Waals surface area contributed by atoms with Crippen molar-refractivity contribution in [1.29, 1.82) is 5.26 Å². The summed E-state index contributed by atoms with van der Waals surface area (Å²) in [4.78, 5) is 6.35. The van der Waals surface area contributed by atoms with Crippen molar-refractivity contribution in [3.8, 4) is 6.07 Å². The van der Waals surface area contributed by atoms with E-state index in [1.54, 1.807) is 12.3 Å². The molecule has 2 heterocycles. The summed E-state index contributed by atoms with van der Waals surface area (Å²) in [6.07, 6.45) is 3.19. The summed E-state index contributed by atoms with van der Waals surface area (Å²) in [6, 6.07) is 3.68. The molecule has 1 aromatic rings. The lowest BCUT2D eigenvalue weighted by molar-refractivity contribution is 0.110. The van der Waals surface area contributed by atoms with Gasteiger partial charge in [-0.15, -0.1) is 0 Å². The van der Waals surface area contributed by atoms with E-state index in [0.29, 0.717) is 22.3 Å². The fourth-order valence-corrected chi connectivity index (χ4v) is 2.61. The number of nitrogens with zero attached hydrogens (tertiary/aromatic N) is 3. The van der Waals surface area contributed by atoms with Crippen LogP contribution in [0.4, 0.5) is 5.82 Å². The third kappa shape index (κ3) is 2.58. The molecule has 18 heavy (non-hydrogen) atoms. The van der Waals surface area contributed by atoms with Gasteiger partial charge in [-0.05, 0) is 31.7 Å². The Labute approximate surface area is 112 Å². The molecule has 1 aliphatic heterocycles. The molecule has 1 atom stereocenters. The predicted molar refractivity (Wildman–Crippen MR) is 70.6 cm³/mol. The maximum absolute atomic E-state index is 9.57. The quantitative estimate of drug-likeness (QED) is 0.891. The van der Waals surface area contributed by atoms with Crippen molar-refractivity contribution in [2.24, 2.45) is 5.92 Å². The van der Waals surface area contributed by atoms with Crippen LogP contribution in [0, 0.1) is 17.2 Å². The summed E-state index contributed by atoms with van der Waals surface area (Å²) in [5.74, 6) is 1.03. The highest BCUT2D eigenvalue weighted by Crippen LogP contribution is 2.30. The number of hydrogen-bond donors (Lipinski definition) is 1. The van der Waals surface area contributed by atoms with Crippen LogP contribution in [0.1, 0.15) is 25.3 Å². The summed E-state index contributed by atoms with van der Waals surface area (Å²) < 4.78 is 0. The van der Waals surface area contributed by atoms with Crippen LogP contribution in [0.5, 0.6) is 0 Å². The van der Waals surface area contributed by atoms with Gasteiger partial charge in [0, 0.05) is 19.3 Å². The first-order chi connectivity index (χ1) is 8.63. The van der Waals surface area contributed by atoms with E-state index >= 15 is 0 Å². The molecule has 96 valence electrons. The molecule has 4 nitrogen and oxygen atoms in total. The van der Waals surface area contributed by atoms with Gasteiger partial charge in [0.2, 0.25) is 0 Å². The summed E-state index contributed by atoms with van der Waals surface area (Å²) in [7, 11) is 0. The van der Waals surface area contributed by atoms with Crippen LogP contribution >= 0.6 is 11.6 Å². The number of piperidine rings is 1. The van der Waals surface area contributed by atoms with Crippen LogP contribution in [0.25, 0.3) is 0 Å². The fourth-order valence-electron chi connectivity index (χ4n) is 2.33. The fraction of sp³-hybridized carbons (Fsp3) is 0.538. The molecule has 1 aromatic heterocycles. The standard InChI is InChI=1S/C13H16ClN3O/c1-9(18)10-3-6-17(7-4-10)13-12(14)11(8-15)2-5-16-13/h2,5,9-10,18H,3-4,6-7H2,1H3. The Balaban J connectivity index is 2.13. The van der Waals surface area contributed by atoms with Gasteiger partial charge in [0.05, 0.1) is 11.7 Å². The number of anilines is 1. The third-order valence-corrected chi connectivity index (χ3v) is 3.89. The van der Waals surface area contributed by atoms with Crippen molar-refractivity contribution < 1.29 is 5.11 Å². The summed E-state index contributed by atoms with van der Waals surface area (Å²) >= 11 is 6.17. The second-order valence-corrected chi connectivity index (χ2v) is 5.05. The number of aromatic nitrogens is 1. The molecule has 1 aliphatic rings. The first-order valence-electron chi connectivity index (χ1n) is 6.11. The monoisotopic (exact) mass is 265 g/mol. The van der Waals surface area contributed by atoms with Gasteiger partial charge in [-0.2, -0.15) is 5.26 Å². The summed E-state index contributed by atoms with van der Waals surface area (Å²) in [5, 5.41) is 18.9. The Kier molecular flexibility index (Phi) is 4.05. The molecule has 0 radical (unpaired) electrons. The molecular formula is C13H16ClN3O. The number of nitriles is 1. The van der Waals surface area contributed by atoms with Gasteiger partial charge in [0.25, 0.3) is 0 Å². The zero-order valence-corrected chi connectivity index (χ0v) is 11.1. The maximum Gasteiger partial charge on any atom is 0.148 e. The highest BCUT2D eigenvalue weighted by atomic mass is 35.5. The second-order valence-electron chi connectivity index (χ2n) is 4.67. The van der Waals surface area contributed by atoms with E-state index in [9.17, 15) is 5.11 Å². The van der Waals surface area contributed by atoms with E-state index in [-0.39, 0.29) is 6.10 Å². The SMILES string of the molecule is CC(O)C1CCN(c2nccc(C#N)c2Cl)CC1. The van der Waals surface area contributed by atoms with E-state index in [4.69, 9.17) is 16.9 Å². The number of hydrogen-bond acceptors (Lipinski definition) is 4. The molecule has 0 aliphatic carbocycles. The molecule has 0 spiro atoms. The van der Waals surface area contributed by atoms with Crippen molar-refractivity contribution >= 4 is 17.4 Å². The molecule has 1 unspecified atom stereocenters. The Morgan fingerprint density at radius 3 is 2.78 bits per heavy atom. The van der Waals surface area contributed by atoms with E-state index in [2.05, 4.69) is 16.0 Å². The Bertz CT molecular complexity index is 462. The molecule has 0 bridgehead atoms. The van der Waals surface area contributed by atoms with E-state index in [0.717, 1.165) is 25.9 Å². The van der Waals surface area contributed by atoms with E-state index in [1.165, 1.54) is 0 Å². The minimum atomic E-state index is -0.263. The first kappa shape index (κ1) is 13.1. The highest BCUT2D eigenvalue weighted by molar-refractivity contribution is 6.34. The molecule has 0 aromatic carbocycles. The first-order valence-corrected chi connectivity index (χ1v) is 6.49. The van der Waals surface area contributed by atoms with Gasteiger partial charge in [-0.3, -0.25) is 0 Å². The number of aliphatic hydroxyl groups is 1. The molecule has 0 amide bonds. The van der Waals surface area contributed by atoms with Gasteiger partial charge in [0.15, 0.2) is 0 Å². The number of pyridine rings is 1. The van der Waals surface area contributed by atoms with Crippen molar-refractivity contribution in [2.75, 3.05) is 18.0 Å². The van der Waals surface area contributed by atoms with Gasteiger partial charge in [0.1, 0.15) is 16.9 Å². The largest absolute Gasteiger partial charge is 0.393 e. The normalized spacial score (nSPS) is 18.4. The van der Waals surface area contributed by atoms with Crippen LogP contribution < -0.4 is 4.90 Å². The molecule has 1 saturated heterocycles. The van der Waals surface area contributed by atoms with Crippen molar-refractivity contribution in [3.63, 3.8) is 0 Å². The zero-order chi connectivity index (χ0) is 13.1. The van der Waals surface area contributed by atoms with Gasteiger partial charge in [-0.25, -0.2) is 4.98 Å². The van der Waals surface area contributed by atoms with Gasteiger partial charge < -0.3 is 10.0 Å². The number of halogens is 1. The van der Waals surface area contributed by atoms with Crippen molar-refractivity contribution in [3.05, 3.63) is 22.8 Å². The van der Waals surface area contributed by atoms with Gasteiger partial charge >= 0.3 is 0 Å². The molecule has 1 N–H and O–H groups in total. The summed E-state index contributed by atoms with van der Waals surface area (Å²) in [5.41, 5.74) is 0.458. The van der Waals surface area contributed by atoms with Crippen LogP contribution in [0.15, 0.2) is 12.3 Å². The minimum Gasteiger partial charge on any atom is -0.393 e. The molecule has 5 heteroatoms. The Morgan fingerprint density at radius 1 is 1.56 bits per heavy atom. The maximum atomic E-state index is 9.57. The minimum absolute atomic E-state index is 0.263. The lowest BCUT2D eigenvalue weighted by Crippen LogP contribution is -2.37. The van der Waals surface area contributed by atoms with E-state index < -0.39 is 0 Å². The lowest BCUT2D eigenvalue weighted by Gasteiger charge is -2.34. The number of rotatable bonds is 2. The van der Waals surface area contributed by atoms with Gasteiger partial charge in [-0.1, -0.05) is 11.6 Å².